The third-order valence-corrected chi connectivity index (χ3v) is 2.04. The molecule has 0 aliphatic carbocycles. The topological polar surface area (TPSA) is 93.5 Å². The van der Waals surface area contributed by atoms with Gasteiger partial charge in [-0.05, 0) is 18.2 Å². The van der Waals surface area contributed by atoms with Crippen LogP contribution in [0.2, 0.25) is 5.02 Å². The van der Waals surface area contributed by atoms with Crippen LogP contribution in [0, 0.1) is 10.1 Å². The number of halogens is 4. The predicted molar refractivity (Wildman–Crippen MR) is 57.9 cm³/mol. The van der Waals surface area contributed by atoms with E-state index in [0.717, 1.165) is 12.1 Å². The van der Waals surface area contributed by atoms with E-state index in [4.69, 9.17) is 17.3 Å². The van der Waals surface area contributed by atoms with Crippen molar-refractivity contribution < 1.29 is 18.2 Å². The SMILES string of the molecule is NC(=Nc1ccc(Cl)c(C(F)(F)F)c1)N[N+](=O)[O-]. The minimum Gasteiger partial charge on any atom is -0.365 e. The highest BCUT2D eigenvalue weighted by molar-refractivity contribution is 6.31. The number of nitrogens with zero attached hydrogens (tertiary/aromatic N) is 2. The van der Waals surface area contributed by atoms with Crippen LogP contribution in [0.15, 0.2) is 23.2 Å². The van der Waals surface area contributed by atoms with Crippen molar-refractivity contribution in [3.05, 3.63) is 38.9 Å². The predicted octanol–water partition coefficient (Wildman–Crippen LogP) is 2.09. The Morgan fingerprint density at radius 3 is 2.61 bits per heavy atom. The monoisotopic (exact) mass is 282 g/mol. The van der Waals surface area contributed by atoms with Crippen LogP contribution in [0.25, 0.3) is 0 Å². The van der Waals surface area contributed by atoms with Crippen LogP contribution in [0.3, 0.4) is 0 Å². The number of hydrogen-bond acceptors (Lipinski definition) is 3. The van der Waals surface area contributed by atoms with Crippen LogP contribution in [0.4, 0.5) is 18.9 Å². The van der Waals surface area contributed by atoms with Crippen molar-refractivity contribution in [3.63, 3.8) is 0 Å². The van der Waals surface area contributed by atoms with Gasteiger partial charge in [-0.2, -0.15) is 13.2 Å². The second-order valence-electron chi connectivity index (χ2n) is 3.03. The first-order chi connectivity index (χ1) is 8.20. The summed E-state index contributed by atoms with van der Waals surface area (Å²) < 4.78 is 37.5. The molecule has 0 radical (unpaired) electrons. The number of hydrogen-bond donors (Lipinski definition) is 2. The van der Waals surface area contributed by atoms with Crippen molar-refractivity contribution in [2.24, 2.45) is 10.7 Å². The number of hydrazine groups is 1. The fraction of sp³-hybridized carbons (Fsp3) is 0.125. The molecule has 0 aromatic heterocycles. The number of aliphatic imine (C=N–C) groups is 1. The Labute approximate surface area is 103 Å². The minimum absolute atomic E-state index is 0.210. The fourth-order valence-electron chi connectivity index (χ4n) is 1.06. The van der Waals surface area contributed by atoms with E-state index < -0.39 is 27.8 Å². The van der Waals surface area contributed by atoms with Gasteiger partial charge in [-0.15, -0.1) is 0 Å². The molecule has 0 unspecified atom stereocenters. The number of benzene rings is 1. The van der Waals surface area contributed by atoms with Gasteiger partial charge in [-0.25, -0.2) is 15.1 Å². The highest BCUT2D eigenvalue weighted by Gasteiger charge is 2.33. The maximum absolute atomic E-state index is 12.5. The molecule has 1 aromatic carbocycles. The summed E-state index contributed by atoms with van der Waals surface area (Å²) in [6.45, 7) is 0. The molecule has 98 valence electrons. The van der Waals surface area contributed by atoms with Crippen LogP contribution >= 0.6 is 11.6 Å². The second kappa shape index (κ2) is 5.08. The lowest BCUT2D eigenvalue weighted by Crippen LogP contribution is -2.35. The van der Waals surface area contributed by atoms with Crippen LogP contribution in [-0.2, 0) is 6.18 Å². The molecule has 1 rings (SSSR count). The zero-order valence-corrected chi connectivity index (χ0v) is 9.29. The molecule has 0 saturated carbocycles. The largest absolute Gasteiger partial charge is 0.417 e. The maximum atomic E-state index is 12.5. The quantitative estimate of drug-likeness (QED) is 0.376. The number of nitrogens with two attached hydrogens (primary N) is 1. The molecular weight excluding hydrogens is 277 g/mol. The molecular formula is C8H6ClF3N4O2. The van der Waals surface area contributed by atoms with Gasteiger partial charge in [0.2, 0.25) is 0 Å². The zero-order valence-electron chi connectivity index (χ0n) is 8.53. The van der Waals surface area contributed by atoms with E-state index >= 15 is 0 Å². The van der Waals surface area contributed by atoms with Crippen LogP contribution in [0.1, 0.15) is 5.56 Å². The molecule has 0 amide bonds. The number of nitrogens with one attached hydrogen (secondary N) is 1. The van der Waals surface area contributed by atoms with Gasteiger partial charge in [0.15, 0.2) is 5.03 Å². The van der Waals surface area contributed by atoms with Gasteiger partial charge in [0.25, 0.3) is 5.96 Å². The van der Waals surface area contributed by atoms with Gasteiger partial charge in [0.1, 0.15) is 0 Å². The number of rotatable bonds is 2. The summed E-state index contributed by atoms with van der Waals surface area (Å²) in [5, 5.41) is 8.53. The Kier molecular flexibility index (Phi) is 3.96. The third kappa shape index (κ3) is 3.77. The molecule has 0 saturated heterocycles. The van der Waals surface area contributed by atoms with E-state index in [0.29, 0.717) is 6.07 Å². The molecule has 0 fully saturated rings. The van der Waals surface area contributed by atoms with Gasteiger partial charge in [0.05, 0.1) is 16.3 Å². The smallest absolute Gasteiger partial charge is 0.365 e. The Hall–Kier alpha value is -2.03. The van der Waals surface area contributed by atoms with Crippen molar-refractivity contribution >= 4 is 23.2 Å². The Balaban J connectivity index is 3.10. The molecule has 0 atom stereocenters. The van der Waals surface area contributed by atoms with Crippen molar-refractivity contribution in [1.82, 2.24) is 5.43 Å². The fourth-order valence-corrected chi connectivity index (χ4v) is 1.28. The van der Waals surface area contributed by atoms with Gasteiger partial charge in [0, 0.05) is 0 Å². The molecule has 0 aliphatic heterocycles. The molecule has 0 bridgehead atoms. The minimum atomic E-state index is -4.64. The summed E-state index contributed by atoms with van der Waals surface area (Å²) in [7, 11) is 0. The average Bonchev–Trinajstić information content (AvgIpc) is 2.17. The molecule has 6 nitrogen and oxygen atoms in total. The lowest BCUT2D eigenvalue weighted by Gasteiger charge is -2.09. The van der Waals surface area contributed by atoms with Crippen molar-refractivity contribution in [3.8, 4) is 0 Å². The number of nitro groups is 1. The molecule has 3 N–H and O–H groups in total. The Morgan fingerprint density at radius 2 is 2.11 bits per heavy atom. The lowest BCUT2D eigenvalue weighted by atomic mass is 10.2. The summed E-state index contributed by atoms with van der Waals surface area (Å²) in [6, 6.07) is 2.76. The van der Waals surface area contributed by atoms with Gasteiger partial charge < -0.3 is 5.73 Å². The van der Waals surface area contributed by atoms with Crippen LogP contribution < -0.4 is 11.2 Å². The average molecular weight is 283 g/mol. The van der Waals surface area contributed by atoms with Gasteiger partial charge in [-0.1, -0.05) is 17.0 Å². The molecule has 0 heterocycles. The third-order valence-electron chi connectivity index (χ3n) is 1.71. The van der Waals surface area contributed by atoms with E-state index in [1.165, 1.54) is 5.43 Å². The van der Waals surface area contributed by atoms with Gasteiger partial charge >= 0.3 is 6.18 Å². The molecule has 18 heavy (non-hydrogen) atoms. The first-order valence-corrected chi connectivity index (χ1v) is 4.70. The zero-order chi connectivity index (χ0) is 13.9. The molecule has 0 aliphatic rings. The standard InChI is InChI=1S/C8H6ClF3N4O2/c9-6-2-1-4(3-5(6)8(10,11)12)14-7(13)15-16(17)18/h1-3H,(H3,13,14,15). The molecule has 10 heteroatoms. The van der Waals surface area contributed by atoms with Crippen molar-refractivity contribution in [2.45, 2.75) is 6.18 Å². The maximum Gasteiger partial charge on any atom is 0.417 e. The Bertz CT molecular complexity index is 504. The highest BCUT2D eigenvalue weighted by Crippen LogP contribution is 2.36. The van der Waals surface area contributed by atoms with Crippen molar-refractivity contribution in [2.75, 3.05) is 0 Å². The number of alkyl halides is 3. The van der Waals surface area contributed by atoms with E-state index in [2.05, 4.69) is 4.99 Å². The number of guanidine groups is 1. The molecule has 1 aromatic rings. The first-order valence-electron chi connectivity index (χ1n) is 4.32. The summed E-state index contributed by atoms with van der Waals surface area (Å²) in [5.41, 5.74) is 5.28. The summed E-state index contributed by atoms with van der Waals surface area (Å²) in [5.74, 6) is -0.643. The summed E-state index contributed by atoms with van der Waals surface area (Å²) in [6.07, 6.45) is -4.64. The summed E-state index contributed by atoms with van der Waals surface area (Å²) in [4.78, 5) is 13.4. The van der Waals surface area contributed by atoms with E-state index in [9.17, 15) is 23.3 Å². The molecule has 0 spiro atoms. The van der Waals surface area contributed by atoms with E-state index in [-0.39, 0.29) is 5.69 Å². The summed E-state index contributed by atoms with van der Waals surface area (Å²) >= 11 is 5.38. The van der Waals surface area contributed by atoms with Crippen LogP contribution in [-0.4, -0.2) is 11.0 Å². The first kappa shape index (κ1) is 14.0. The van der Waals surface area contributed by atoms with Gasteiger partial charge in [-0.3, -0.25) is 0 Å². The normalized spacial score (nSPS) is 12.3. The Morgan fingerprint density at radius 1 is 1.50 bits per heavy atom. The van der Waals surface area contributed by atoms with Crippen LogP contribution in [0.5, 0.6) is 0 Å². The lowest BCUT2D eigenvalue weighted by molar-refractivity contribution is -0.525. The van der Waals surface area contributed by atoms with E-state index in [1.807, 2.05) is 0 Å². The van der Waals surface area contributed by atoms with Crippen molar-refractivity contribution in [1.29, 1.82) is 0 Å². The highest BCUT2D eigenvalue weighted by atomic mass is 35.5. The second-order valence-corrected chi connectivity index (χ2v) is 3.44. The van der Waals surface area contributed by atoms with E-state index in [1.54, 1.807) is 0 Å².